The number of carbonyl (C=O) groups excluding carboxylic acids is 2. The van der Waals surface area contributed by atoms with Crippen molar-refractivity contribution in [2.45, 2.75) is 57.5 Å². The zero-order chi connectivity index (χ0) is 24.7. The Labute approximate surface area is 193 Å². The van der Waals surface area contributed by atoms with Gasteiger partial charge in [-0.15, -0.1) is 13.2 Å². The number of benzene rings is 2. The van der Waals surface area contributed by atoms with Crippen LogP contribution in [0.2, 0.25) is 0 Å². The first kappa shape index (κ1) is 25.1. The van der Waals surface area contributed by atoms with Gasteiger partial charge in [-0.2, -0.15) is 0 Å². The number of hydrogen-bond donors (Lipinski definition) is 3. The normalized spacial score (nSPS) is 18.0. The van der Waals surface area contributed by atoms with Gasteiger partial charge in [-0.3, -0.25) is 4.79 Å². The number of hydrogen-bond acceptors (Lipinski definition) is 4. The zero-order valence-corrected chi connectivity index (χ0v) is 18.4. The molecule has 0 atom stereocenters. The molecule has 1 saturated carbocycles. The molecule has 7 nitrogen and oxygen atoms in total. The van der Waals surface area contributed by atoms with E-state index in [2.05, 4.69) is 20.7 Å². The average molecular weight is 483 g/mol. The third-order valence-corrected chi connectivity index (χ3v) is 5.19. The molecule has 1 aliphatic rings. The summed E-state index contributed by atoms with van der Waals surface area (Å²) in [5.41, 5.74) is 0.695. The number of halogens is 4. The third-order valence-electron chi connectivity index (χ3n) is 5.19. The lowest BCUT2D eigenvalue weighted by molar-refractivity contribution is -0.275. The standard InChI is InChI=1S/C23H25F4N3O4/c1-2-21(31)28-14-3-8-17(9-4-14)33-18-10-5-15(6-11-18)29-22(32)30-16-7-12-20(19(24)13-16)34-23(25,26)27/h3-4,7-9,12-13,15,18H,2,5-6,10-11H2,1H3,(H,28,31)(H2,29,30,32). The van der Waals surface area contributed by atoms with Gasteiger partial charge < -0.3 is 25.4 Å². The van der Waals surface area contributed by atoms with Crippen LogP contribution in [0.4, 0.5) is 33.7 Å². The number of amides is 3. The fourth-order valence-electron chi connectivity index (χ4n) is 3.52. The van der Waals surface area contributed by atoms with Gasteiger partial charge in [0.15, 0.2) is 11.6 Å². The quantitative estimate of drug-likeness (QED) is 0.449. The van der Waals surface area contributed by atoms with Crippen LogP contribution in [0.1, 0.15) is 39.0 Å². The van der Waals surface area contributed by atoms with Crippen LogP contribution in [0, 0.1) is 5.82 Å². The topological polar surface area (TPSA) is 88.7 Å². The highest BCUT2D eigenvalue weighted by Gasteiger charge is 2.32. The van der Waals surface area contributed by atoms with E-state index in [0.29, 0.717) is 43.5 Å². The zero-order valence-electron chi connectivity index (χ0n) is 18.4. The Morgan fingerprint density at radius 1 is 0.971 bits per heavy atom. The molecular weight excluding hydrogens is 458 g/mol. The number of nitrogens with one attached hydrogen (secondary N) is 3. The third kappa shape index (κ3) is 7.82. The van der Waals surface area contributed by atoms with Gasteiger partial charge in [0.1, 0.15) is 5.75 Å². The fraction of sp³-hybridized carbons (Fsp3) is 0.391. The molecule has 3 rings (SSSR count). The smallest absolute Gasteiger partial charge is 0.490 e. The minimum absolute atomic E-state index is 0.000109. The molecule has 0 aliphatic heterocycles. The second-order valence-corrected chi connectivity index (χ2v) is 7.81. The van der Waals surface area contributed by atoms with Crippen LogP contribution in [0.3, 0.4) is 0 Å². The second-order valence-electron chi connectivity index (χ2n) is 7.81. The molecule has 0 unspecified atom stereocenters. The van der Waals surface area contributed by atoms with Crippen LogP contribution >= 0.6 is 0 Å². The Morgan fingerprint density at radius 2 is 1.62 bits per heavy atom. The highest BCUT2D eigenvalue weighted by Crippen LogP contribution is 2.28. The number of alkyl halides is 3. The van der Waals surface area contributed by atoms with Gasteiger partial charge in [0.25, 0.3) is 0 Å². The van der Waals surface area contributed by atoms with Crippen molar-refractivity contribution in [2.75, 3.05) is 10.6 Å². The van der Waals surface area contributed by atoms with Gasteiger partial charge in [0, 0.05) is 29.9 Å². The minimum atomic E-state index is -5.01. The Bertz CT molecular complexity index is 991. The molecule has 2 aromatic carbocycles. The Morgan fingerprint density at radius 3 is 2.21 bits per heavy atom. The largest absolute Gasteiger partial charge is 0.573 e. The van der Waals surface area contributed by atoms with Crippen LogP contribution in [0.5, 0.6) is 11.5 Å². The number of anilines is 2. The van der Waals surface area contributed by atoms with Crippen molar-refractivity contribution in [2.24, 2.45) is 0 Å². The Hall–Kier alpha value is -3.50. The molecule has 11 heteroatoms. The number of urea groups is 1. The van der Waals surface area contributed by atoms with Gasteiger partial charge in [-0.1, -0.05) is 6.92 Å². The van der Waals surface area contributed by atoms with E-state index in [-0.39, 0.29) is 23.7 Å². The molecule has 0 spiro atoms. The van der Waals surface area contributed by atoms with E-state index in [1.165, 1.54) is 0 Å². The molecule has 3 amide bonds. The van der Waals surface area contributed by atoms with Gasteiger partial charge in [-0.05, 0) is 62.1 Å². The van der Waals surface area contributed by atoms with Gasteiger partial charge in [-0.25, -0.2) is 9.18 Å². The van der Waals surface area contributed by atoms with E-state index < -0.39 is 24.0 Å². The first-order valence-electron chi connectivity index (χ1n) is 10.8. The monoisotopic (exact) mass is 483 g/mol. The molecule has 0 saturated heterocycles. The summed E-state index contributed by atoms with van der Waals surface area (Å²) in [6.45, 7) is 1.77. The summed E-state index contributed by atoms with van der Waals surface area (Å²) in [6, 6.07) is 9.07. The van der Waals surface area contributed by atoms with Crippen LogP contribution in [0.15, 0.2) is 42.5 Å². The molecule has 1 aliphatic carbocycles. The molecule has 184 valence electrons. The first-order valence-corrected chi connectivity index (χ1v) is 10.8. The van der Waals surface area contributed by atoms with Gasteiger partial charge in [0.05, 0.1) is 6.10 Å². The van der Waals surface area contributed by atoms with E-state index in [1.54, 1.807) is 31.2 Å². The van der Waals surface area contributed by atoms with Crippen LogP contribution in [-0.4, -0.2) is 30.4 Å². The van der Waals surface area contributed by atoms with E-state index in [0.717, 1.165) is 18.2 Å². The van der Waals surface area contributed by atoms with Crippen molar-refractivity contribution in [3.05, 3.63) is 48.3 Å². The van der Waals surface area contributed by atoms with Crippen LogP contribution < -0.4 is 25.4 Å². The van der Waals surface area contributed by atoms with E-state index in [1.807, 2.05) is 0 Å². The molecule has 0 heterocycles. The highest BCUT2D eigenvalue weighted by atomic mass is 19.4. The molecule has 3 N–H and O–H groups in total. The lowest BCUT2D eigenvalue weighted by Crippen LogP contribution is -2.41. The molecule has 2 aromatic rings. The van der Waals surface area contributed by atoms with E-state index >= 15 is 0 Å². The maximum Gasteiger partial charge on any atom is 0.573 e. The van der Waals surface area contributed by atoms with Crippen molar-refractivity contribution in [1.29, 1.82) is 0 Å². The predicted molar refractivity (Wildman–Crippen MR) is 117 cm³/mol. The lowest BCUT2D eigenvalue weighted by Gasteiger charge is -2.29. The second kappa shape index (κ2) is 11.1. The first-order chi connectivity index (χ1) is 16.1. The van der Waals surface area contributed by atoms with Crippen molar-refractivity contribution < 1.29 is 36.6 Å². The predicted octanol–water partition coefficient (Wildman–Crippen LogP) is 5.58. The van der Waals surface area contributed by atoms with Crippen molar-refractivity contribution in [3.63, 3.8) is 0 Å². The fourth-order valence-corrected chi connectivity index (χ4v) is 3.52. The molecular formula is C23H25F4N3O4. The highest BCUT2D eigenvalue weighted by molar-refractivity contribution is 5.90. The lowest BCUT2D eigenvalue weighted by atomic mass is 9.93. The van der Waals surface area contributed by atoms with Crippen LogP contribution in [-0.2, 0) is 4.79 Å². The summed E-state index contributed by atoms with van der Waals surface area (Å²) < 4.78 is 60.0. The van der Waals surface area contributed by atoms with Crippen molar-refractivity contribution in [1.82, 2.24) is 5.32 Å². The van der Waals surface area contributed by atoms with Crippen molar-refractivity contribution in [3.8, 4) is 11.5 Å². The molecule has 0 aromatic heterocycles. The molecule has 34 heavy (non-hydrogen) atoms. The Balaban J connectivity index is 1.42. The summed E-state index contributed by atoms with van der Waals surface area (Å²) in [5.74, 6) is -1.60. The van der Waals surface area contributed by atoms with E-state index in [4.69, 9.17) is 4.74 Å². The average Bonchev–Trinajstić information content (AvgIpc) is 2.77. The maximum atomic E-state index is 13.8. The SMILES string of the molecule is CCC(=O)Nc1ccc(OC2CCC(NC(=O)Nc3ccc(OC(F)(F)F)c(F)c3)CC2)cc1. The summed E-state index contributed by atoms with van der Waals surface area (Å²) in [4.78, 5) is 23.6. The Kier molecular flexibility index (Phi) is 8.19. The number of carbonyl (C=O) groups is 2. The van der Waals surface area contributed by atoms with Gasteiger partial charge in [0.2, 0.25) is 5.91 Å². The van der Waals surface area contributed by atoms with Gasteiger partial charge >= 0.3 is 12.4 Å². The maximum absolute atomic E-state index is 13.8. The minimum Gasteiger partial charge on any atom is -0.490 e. The summed E-state index contributed by atoms with van der Waals surface area (Å²) in [7, 11) is 0. The molecule has 0 bridgehead atoms. The molecule has 0 radical (unpaired) electrons. The van der Waals surface area contributed by atoms with Crippen LogP contribution in [0.25, 0.3) is 0 Å². The number of ether oxygens (including phenoxy) is 2. The summed E-state index contributed by atoms with van der Waals surface area (Å²) >= 11 is 0. The summed E-state index contributed by atoms with van der Waals surface area (Å²) in [5, 5.41) is 7.95. The summed E-state index contributed by atoms with van der Waals surface area (Å²) in [6.07, 6.45) is -1.90. The van der Waals surface area contributed by atoms with E-state index in [9.17, 15) is 27.2 Å². The number of rotatable bonds is 7. The van der Waals surface area contributed by atoms with Crippen molar-refractivity contribution >= 4 is 23.3 Å². The molecule has 1 fully saturated rings.